The van der Waals surface area contributed by atoms with E-state index in [0.29, 0.717) is 36.3 Å². The quantitative estimate of drug-likeness (QED) is 0.253. The van der Waals surface area contributed by atoms with Gasteiger partial charge in [-0.2, -0.15) is 13.2 Å². The fraction of sp³-hybridized carbons (Fsp3) is 0.250. The van der Waals surface area contributed by atoms with Gasteiger partial charge in [0.05, 0.1) is 10.6 Å². The largest absolute Gasteiger partial charge is 0.490 e. The van der Waals surface area contributed by atoms with Gasteiger partial charge in [-0.05, 0) is 41.8 Å². The molecule has 4 aromatic rings. The number of nitrogens with one attached hydrogen (secondary N) is 2. The topological polar surface area (TPSA) is 107 Å². The van der Waals surface area contributed by atoms with E-state index < -0.39 is 18.0 Å². The normalized spacial score (nSPS) is 17.6. The average Bonchev–Trinajstić information content (AvgIpc) is 3.47. The lowest BCUT2D eigenvalue weighted by atomic mass is 9.89. The Bertz CT molecular complexity index is 1750. The summed E-state index contributed by atoms with van der Waals surface area (Å²) in [4.78, 5) is 38.9. The van der Waals surface area contributed by atoms with Crippen LogP contribution in [-0.4, -0.2) is 56.6 Å². The van der Waals surface area contributed by atoms with E-state index in [-0.39, 0.29) is 39.2 Å². The van der Waals surface area contributed by atoms with Crippen LogP contribution in [0.5, 0.6) is 0 Å². The van der Waals surface area contributed by atoms with Crippen LogP contribution in [0.3, 0.4) is 0 Å². The average molecular weight is 625 g/mol. The zero-order valence-corrected chi connectivity index (χ0v) is 23.0. The van der Waals surface area contributed by atoms with Gasteiger partial charge in [-0.1, -0.05) is 47.5 Å². The number of benzene rings is 2. The smallest absolute Gasteiger partial charge is 0.475 e. The van der Waals surface area contributed by atoms with E-state index in [2.05, 4.69) is 22.4 Å². The molecule has 14 heteroatoms. The molecular weight excluding hydrogens is 603 g/mol. The minimum atomic E-state index is -5.08. The molecule has 0 saturated carbocycles. The van der Waals surface area contributed by atoms with Gasteiger partial charge in [-0.3, -0.25) is 14.0 Å². The fourth-order valence-electron chi connectivity index (χ4n) is 5.32. The van der Waals surface area contributed by atoms with E-state index in [9.17, 15) is 27.2 Å². The summed E-state index contributed by atoms with van der Waals surface area (Å²) >= 11 is 12.5. The number of nitrogens with zero attached hydrogens (tertiary/aromatic N) is 2. The molecular formula is C28H22Cl2F4N4O4. The lowest BCUT2D eigenvalue weighted by Crippen LogP contribution is -2.45. The highest BCUT2D eigenvalue weighted by Crippen LogP contribution is 2.40. The molecule has 2 aromatic heterocycles. The zero-order chi connectivity index (χ0) is 30.3. The molecule has 2 aliphatic heterocycles. The number of piperidine rings is 1. The molecule has 1 saturated heterocycles. The molecule has 1 amide bonds. The maximum atomic E-state index is 14.8. The second kappa shape index (κ2) is 11.3. The Labute approximate surface area is 245 Å². The van der Waals surface area contributed by atoms with Gasteiger partial charge < -0.3 is 20.3 Å². The second-order valence-corrected chi connectivity index (χ2v) is 10.7. The van der Waals surface area contributed by atoms with Gasteiger partial charge in [-0.15, -0.1) is 0 Å². The van der Waals surface area contributed by atoms with E-state index in [1.54, 1.807) is 27.6 Å². The SMILES string of the molecule is O=C(O)C(F)(F)F.O=C(c1cc(Cc2c[nH]c(=O)c3cc(Cl)c(Cl)n23)ccc1F)N1CCC2Nc3ccccc3C2C1. The van der Waals surface area contributed by atoms with Crippen LogP contribution in [0.4, 0.5) is 23.2 Å². The number of hydrogen-bond donors (Lipinski definition) is 3. The predicted octanol–water partition coefficient (Wildman–Crippen LogP) is 5.72. The standard InChI is InChI=1S/C26H21Cl2FN4O2.C2HF3O2/c27-19-11-23-25(34)30-12-15(33(23)24(19)28)9-14-5-6-20(29)17(10-14)26(35)32-8-7-22-18(13-32)16-3-1-2-4-21(16)31-22;3-2(4,5)1(6)7/h1-6,10-12,18,22,31H,7-9,13H2,(H,30,34);(H,6,7). The lowest BCUT2D eigenvalue weighted by Gasteiger charge is -2.35. The van der Waals surface area contributed by atoms with Crippen molar-refractivity contribution in [1.29, 1.82) is 0 Å². The maximum Gasteiger partial charge on any atom is 0.490 e. The lowest BCUT2D eigenvalue weighted by molar-refractivity contribution is -0.192. The number of para-hydroxylation sites is 1. The number of carbonyl (C=O) groups excluding carboxylic acids is 1. The number of fused-ring (bicyclic) bond motifs is 4. The van der Waals surface area contributed by atoms with Crippen LogP contribution in [0.15, 0.2) is 59.5 Å². The number of alkyl halides is 3. The molecule has 3 N–H and O–H groups in total. The highest BCUT2D eigenvalue weighted by Gasteiger charge is 2.39. The molecule has 4 heterocycles. The number of aromatic nitrogens is 2. The molecule has 42 heavy (non-hydrogen) atoms. The van der Waals surface area contributed by atoms with Crippen molar-refractivity contribution in [1.82, 2.24) is 14.3 Å². The third-order valence-electron chi connectivity index (χ3n) is 7.28. The number of carbonyl (C=O) groups is 2. The molecule has 0 aliphatic carbocycles. The highest BCUT2D eigenvalue weighted by atomic mass is 35.5. The van der Waals surface area contributed by atoms with E-state index in [4.69, 9.17) is 33.1 Å². The van der Waals surface area contributed by atoms with E-state index in [1.165, 1.54) is 17.7 Å². The zero-order valence-electron chi connectivity index (χ0n) is 21.5. The first-order valence-corrected chi connectivity index (χ1v) is 13.4. The summed E-state index contributed by atoms with van der Waals surface area (Å²) in [6.07, 6.45) is -2.41. The molecule has 0 bridgehead atoms. The molecule has 8 nitrogen and oxygen atoms in total. The van der Waals surface area contributed by atoms with Crippen LogP contribution in [0, 0.1) is 5.82 Å². The number of aromatic amines is 1. The number of anilines is 1. The van der Waals surface area contributed by atoms with Crippen LogP contribution in [0.1, 0.15) is 39.5 Å². The number of carboxylic acids is 1. The van der Waals surface area contributed by atoms with E-state index in [0.717, 1.165) is 12.1 Å². The Morgan fingerprint density at radius 3 is 2.52 bits per heavy atom. The van der Waals surface area contributed by atoms with Gasteiger partial charge in [0.15, 0.2) is 0 Å². The molecule has 2 aliphatic rings. The van der Waals surface area contributed by atoms with Crippen molar-refractivity contribution >= 4 is 46.3 Å². The first-order valence-electron chi connectivity index (χ1n) is 12.7. The van der Waals surface area contributed by atoms with E-state index >= 15 is 0 Å². The molecule has 6 rings (SSSR count). The fourth-order valence-corrected chi connectivity index (χ4v) is 5.77. The number of halogens is 6. The van der Waals surface area contributed by atoms with Crippen molar-refractivity contribution < 1.29 is 32.3 Å². The molecule has 2 unspecified atom stereocenters. The van der Waals surface area contributed by atoms with Crippen molar-refractivity contribution in [3.8, 4) is 0 Å². The Hall–Kier alpha value is -4.03. The third-order valence-corrected chi connectivity index (χ3v) is 8.04. The minimum Gasteiger partial charge on any atom is -0.475 e. The van der Waals surface area contributed by atoms with Crippen molar-refractivity contribution in [3.05, 3.63) is 103 Å². The molecule has 2 atom stereocenters. The molecule has 220 valence electrons. The van der Waals surface area contributed by atoms with Gasteiger partial charge in [0.1, 0.15) is 16.5 Å². The van der Waals surface area contributed by atoms with Crippen LogP contribution in [0.25, 0.3) is 5.52 Å². The first-order chi connectivity index (χ1) is 19.8. The molecule has 0 radical (unpaired) electrons. The molecule has 0 spiro atoms. The number of carboxylic acid groups (broad SMARTS) is 1. The summed E-state index contributed by atoms with van der Waals surface area (Å²) in [6.45, 7) is 1.10. The summed E-state index contributed by atoms with van der Waals surface area (Å²) in [5.74, 6) is -3.45. The second-order valence-electron chi connectivity index (χ2n) is 9.89. The van der Waals surface area contributed by atoms with Gasteiger partial charge in [-0.25, -0.2) is 9.18 Å². The number of aliphatic carboxylic acids is 1. The monoisotopic (exact) mass is 624 g/mol. The minimum absolute atomic E-state index is 0.0393. The summed E-state index contributed by atoms with van der Waals surface area (Å²) in [6, 6.07) is 14.5. The van der Waals surface area contributed by atoms with Crippen molar-refractivity contribution in [3.63, 3.8) is 0 Å². The third kappa shape index (κ3) is 5.68. The van der Waals surface area contributed by atoms with Gasteiger partial charge >= 0.3 is 12.1 Å². The first kappa shape index (κ1) is 29.5. The van der Waals surface area contributed by atoms with Crippen LogP contribution < -0.4 is 10.9 Å². The van der Waals surface area contributed by atoms with E-state index in [1.807, 2.05) is 12.1 Å². The van der Waals surface area contributed by atoms with Crippen LogP contribution in [-0.2, 0) is 11.2 Å². The van der Waals surface area contributed by atoms with Crippen molar-refractivity contribution in [2.24, 2.45) is 0 Å². The van der Waals surface area contributed by atoms with Crippen LogP contribution in [0.2, 0.25) is 10.2 Å². The van der Waals surface area contributed by atoms with Crippen LogP contribution >= 0.6 is 23.2 Å². The summed E-state index contributed by atoms with van der Waals surface area (Å²) in [5.41, 5.74) is 3.74. The summed E-state index contributed by atoms with van der Waals surface area (Å²) in [5, 5.41) is 11.2. The Balaban J connectivity index is 0.000000451. The maximum absolute atomic E-state index is 14.8. The Kier molecular flexibility index (Phi) is 7.95. The molecule has 2 aromatic carbocycles. The summed E-state index contributed by atoms with van der Waals surface area (Å²) in [7, 11) is 0. The highest BCUT2D eigenvalue weighted by molar-refractivity contribution is 6.42. The van der Waals surface area contributed by atoms with Crippen molar-refractivity contribution in [2.75, 3.05) is 18.4 Å². The number of rotatable bonds is 3. The number of amides is 1. The summed E-state index contributed by atoms with van der Waals surface area (Å²) < 4.78 is 48.2. The number of likely N-dealkylation sites (tertiary alicyclic amines) is 1. The number of hydrogen-bond acceptors (Lipinski definition) is 4. The molecule has 1 fully saturated rings. The number of H-pyrrole nitrogens is 1. The van der Waals surface area contributed by atoms with Gasteiger partial charge in [0, 0.05) is 49.0 Å². The van der Waals surface area contributed by atoms with Gasteiger partial charge in [0.25, 0.3) is 11.5 Å². The van der Waals surface area contributed by atoms with Crippen molar-refractivity contribution in [2.45, 2.75) is 31.0 Å². The van der Waals surface area contributed by atoms with Gasteiger partial charge in [0.2, 0.25) is 0 Å². The Morgan fingerprint density at radius 2 is 1.81 bits per heavy atom. The Morgan fingerprint density at radius 1 is 1.10 bits per heavy atom. The predicted molar refractivity (Wildman–Crippen MR) is 148 cm³/mol.